The normalized spacial score (nSPS) is 14.8. The second-order valence-corrected chi connectivity index (χ2v) is 9.03. The molecule has 5 aromatic rings. The first kappa shape index (κ1) is 22.7. The Morgan fingerprint density at radius 1 is 1.03 bits per heavy atom. The van der Waals surface area contributed by atoms with E-state index in [1.807, 2.05) is 65.7 Å². The summed E-state index contributed by atoms with van der Waals surface area (Å²) in [7, 11) is 3.17. The van der Waals surface area contributed by atoms with Crippen molar-refractivity contribution in [2.75, 3.05) is 20.8 Å². The van der Waals surface area contributed by atoms with Gasteiger partial charge in [0.2, 0.25) is 0 Å². The highest BCUT2D eigenvalue weighted by Gasteiger charge is 2.42. The Kier molecular flexibility index (Phi) is 5.56. The van der Waals surface area contributed by atoms with E-state index in [0.717, 1.165) is 44.6 Å². The van der Waals surface area contributed by atoms with Gasteiger partial charge in [0.05, 0.1) is 26.0 Å². The number of aromatic amines is 2. The number of nitrogens with one attached hydrogen (secondary N) is 2. The van der Waals surface area contributed by atoms with Gasteiger partial charge in [-0.15, -0.1) is 0 Å². The van der Waals surface area contributed by atoms with Crippen LogP contribution in [0, 0.1) is 0 Å². The van der Waals surface area contributed by atoms with Gasteiger partial charge in [-0.05, 0) is 47.9 Å². The molecule has 0 saturated heterocycles. The van der Waals surface area contributed by atoms with E-state index in [1.165, 1.54) is 7.11 Å². The zero-order valence-electron chi connectivity index (χ0n) is 20.5. The molecule has 6 rings (SSSR count). The van der Waals surface area contributed by atoms with E-state index in [-0.39, 0.29) is 11.7 Å². The Morgan fingerprint density at radius 3 is 2.65 bits per heavy atom. The van der Waals surface area contributed by atoms with Crippen LogP contribution in [0.15, 0.2) is 72.9 Å². The van der Waals surface area contributed by atoms with Crippen molar-refractivity contribution in [2.24, 2.45) is 0 Å². The summed E-state index contributed by atoms with van der Waals surface area (Å²) in [5.41, 5.74) is 5.92. The number of hydrogen-bond acceptors (Lipinski definition) is 5. The van der Waals surface area contributed by atoms with Crippen molar-refractivity contribution in [2.45, 2.75) is 12.5 Å². The summed E-state index contributed by atoms with van der Waals surface area (Å²) >= 11 is 0. The van der Waals surface area contributed by atoms with Gasteiger partial charge in [-0.25, -0.2) is 0 Å². The lowest BCUT2D eigenvalue weighted by Gasteiger charge is -2.27. The van der Waals surface area contributed by atoms with Crippen molar-refractivity contribution in [1.29, 1.82) is 0 Å². The number of carbonyl (C=O) groups excluding carboxylic acids is 1. The maximum atomic E-state index is 13.7. The summed E-state index contributed by atoms with van der Waals surface area (Å²) in [5, 5.41) is 18.8. The number of phenols is 1. The molecule has 37 heavy (non-hydrogen) atoms. The number of rotatable bonds is 7. The highest BCUT2D eigenvalue weighted by Crippen LogP contribution is 2.44. The van der Waals surface area contributed by atoms with Crippen LogP contribution in [-0.4, -0.2) is 51.9 Å². The fraction of sp³-hybridized carbons (Fsp3) is 0.172. The smallest absolute Gasteiger partial charge is 0.273 e. The quantitative estimate of drug-likeness (QED) is 0.293. The molecule has 0 bridgehead atoms. The minimum Gasteiger partial charge on any atom is -0.504 e. The van der Waals surface area contributed by atoms with E-state index >= 15 is 0 Å². The number of benzene rings is 3. The Morgan fingerprint density at radius 2 is 1.86 bits per heavy atom. The summed E-state index contributed by atoms with van der Waals surface area (Å²) < 4.78 is 10.8. The Hall–Kier alpha value is -4.72. The molecule has 1 amide bonds. The molecular weight excluding hydrogens is 468 g/mol. The summed E-state index contributed by atoms with van der Waals surface area (Å²) in [6, 6.07) is 20.6. The van der Waals surface area contributed by atoms with E-state index in [0.29, 0.717) is 24.4 Å². The largest absolute Gasteiger partial charge is 0.504 e. The van der Waals surface area contributed by atoms with Crippen LogP contribution in [0.5, 0.6) is 17.2 Å². The minimum absolute atomic E-state index is 0.0468. The fourth-order valence-electron chi connectivity index (χ4n) is 5.19. The average molecular weight is 495 g/mol. The molecule has 1 unspecified atom stereocenters. The highest BCUT2D eigenvalue weighted by molar-refractivity contribution is 6.00. The van der Waals surface area contributed by atoms with Crippen molar-refractivity contribution in [3.05, 3.63) is 95.3 Å². The molecule has 3 heterocycles. The van der Waals surface area contributed by atoms with Crippen LogP contribution in [0.4, 0.5) is 0 Å². The molecule has 3 aromatic carbocycles. The van der Waals surface area contributed by atoms with Gasteiger partial charge in [0.1, 0.15) is 11.4 Å². The molecule has 3 N–H and O–H groups in total. The first-order chi connectivity index (χ1) is 18.1. The monoisotopic (exact) mass is 494 g/mol. The summed E-state index contributed by atoms with van der Waals surface area (Å²) in [4.78, 5) is 18.9. The first-order valence-electron chi connectivity index (χ1n) is 12.0. The lowest BCUT2D eigenvalue weighted by molar-refractivity contribution is 0.0746. The van der Waals surface area contributed by atoms with Gasteiger partial charge in [0.15, 0.2) is 11.5 Å². The number of aromatic nitrogens is 3. The van der Waals surface area contributed by atoms with Crippen LogP contribution in [-0.2, 0) is 6.42 Å². The third kappa shape index (κ3) is 3.78. The lowest BCUT2D eigenvalue weighted by Crippen LogP contribution is -2.31. The number of nitrogens with zero attached hydrogens (tertiary/aromatic N) is 2. The molecule has 0 radical (unpaired) electrons. The zero-order chi connectivity index (χ0) is 25.5. The lowest BCUT2D eigenvalue weighted by atomic mass is 9.95. The number of aromatic hydroxyl groups is 1. The van der Waals surface area contributed by atoms with Gasteiger partial charge in [0, 0.05) is 34.8 Å². The molecule has 2 aromatic heterocycles. The molecule has 1 atom stereocenters. The molecule has 186 valence electrons. The van der Waals surface area contributed by atoms with Gasteiger partial charge in [-0.3, -0.25) is 9.89 Å². The average Bonchev–Trinajstić information content (AvgIpc) is 3.62. The van der Waals surface area contributed by atoms with Crippen molar-refractivity contribution in [1.82, 2.24) is 20.1 Å². The fourth-order valence-corrected chi connectivity index (χ4v) is 5.19. The second kappa shape index (κ2) is 9.05. The third-order valence-corrected chi connectivity index (χ3v) is 7.03. The molecule has 0 fully saturated rings. The van der Waals surface area contributed by atoms with E-state index < -0.39 is 6.04 Å². The third-order valence-electron chi connectivity index (χ3n) is 7.03. The van der Waals surface area contributed by atoms with Crippen LogP contribution in [0.3, 0.4) is 0 Å². The van der Waals surface area contributed by atoms with Gasteiger partial charge < -0.3 is 24.5 Å². The van der Waals surface area contributed by atoms with E-state index in [4.69, 9.17) is 9.47 Å². The van der Waals surface area contributed by atoms with Crippen LogP contribution in [0.25, 0.3) is 22.2 Å². The number of phenolic OH excluding ortho intramolecular Hbond substituents is 1. The summed E-state index contributed by atoms with van der Waals surface area (Å²) in [5.74, 6) is 1.07. The molecule has 8 nitrogen and oxygen atoms in total. The first-order valence-corrected chi connectivity index (χ1v) is 12.0. The van der Waals surface area contributed by atoms with Crippen LogP contribution < -0.4 is 9.47 Å². The highest BCUT2D eigenvalue weighted by atomic mass is 16.5. The number of fused-ring (bicyclic) bond motifs is 2. The molecule has 1 aliphatic rings. The van der Waals surface area contributed by atoms with Crippen molar-refractivity contribution >= 4 is 16.8 Å². The molecular formula is C29H26N4O4. The standard InChI is InChI=1S/C29H26N4O4/c1-36-20-9-10-22-21(15-20)19(16-30-22)12-13-33-28(18-8-11-23(34)24(14-18)37-2)25-26(17-6-4-3-5-7-17)31-32-27(25)29(33)35/h3-11,14-16,28,30,34H,12-13H2,1-2H3,(H,31,32). The van der Waals surface area contributed by atoms with E-state index in [9.17, 15) is 9.90 Å². The van der Waals surface area contributed by atoms with Crippen molar-refractivity contribution in [3.63, 3.8) is 0 Å². The van der Waals surface area contributed by atoms with Crippen LogP contribution in [0.2, 0.25) is 0 Å². The Balaban J connectivity index is 1.42. The van der Waals surface area contributed by atoms with Crippen LogP contribution >= 0.6 is 0 Å². The Labute approximate surface area is 213 Å². The van der Waals surface area contributed by atoms with Gasteiger partial charge in [-0.1, -0.05) is 36.4 Å². The van der Waals surface area contributed by atoms with Crippen molar-refractivity contribution in [3.8, 4) is 28.5 Å². The molecule has 0 saturated carbocycles. The summed E-state index contributed by atoms with van der Waals surface area (Å²) in [6.45, 7) is 0.480. The SMILES string of the molecule is COc1ccc2[nH]cc(CCN3C(=O)c4[nH]nc(-c5ccccc5)c4C3c3ccc(O)c(OC)c3)c2c1. The second-order valence-electron chi connectivity index (χ2n) is 9.03. The number of H-pyrrole nitrogens is 2. The van der Waals surface area contributed by atoms with Gasteiger partial charge >= 0.3 is 0 Å². The van der Waals surface area contributed by atoms with E-state index in [2.05, 4.69) is 15.2 Å². The van der Waals surface area contributed by atoms with Gasteiger partial charge in [0.25, 0.3) is 5.91 Å². The predicted octanol–water partition coefficient (Wildman–Crippen LogP) is 5.07. The maximum Gasteiger partial charge on any atom is 0.273 e. The summed E-state index contributed by atoms with van der Waals surface area (Å²) in [6.07, 6.45) is 2.63. The minimum atomic E-state index is -0.398. The number of methoxy groups -OCH3 is 2. The number of carbonyl (C=O) groups is 1. The molecule has 1 aliphatic heterocycles. The number of ether oxygens (including phenoxy) is 2. The molecule has 8 heteroatoms. The molecule has 0 spiro atoms. The van der Waals surface area contributed by atoms with Crippen LogP contribution in [0.1, 0.15) is 33.2 Å². The molecule has 0 aliphatic carbocycles. The zero-order valence-corrected chi connectivity index (χ0v) is 20.5. The number of amides is 1. The Bertz CT molecular complexity index is 1610. The maximum absolute atomic E-state index is 13.7. The number of hydrogen-bond donors (Lipinski definition) is 3. The van der Waals surface area contributed by atoms with E-state index in [1.54, 1.807) is 19.2 Å². The van der Waals surface area contributed by atoms with Crippen molar-refractivity contribution < 1.29 is 19.4 Å². The van der Waals surface area contributed by atoms with Gasteiger partial charge in [-0.2, -0.15) is 5.10 Å². The predicted molar refractivity (Wildman–Crippen MR) is 140 cm³/mol. The topological polar surface area (TPSA) is 103 Å².